The molecule has 0 amide bonds. The number of nitrogens with one attached hydrogen (secondary N) is 2. The van der Waals surface area contributed by atoms with Crippen molar-refractivity contribution in [2.45, 2.75) is 26.3 Å². The van der Waals surface area contributed by atoms with Gasteiger partial charge in [-0.2, -0.15) is 4.98 Å². The molecule has 0 aliphatic carbocycles. The molecule has 0 radical (unpaired) electrons. The van der Waals surface area contributed by atoms with E-state index < -0.39 is 0 Å². The summed E-state index contributed by atoms with van der Waals surface area (Å²) in [6, 6.07) is 16.1. The van der Waals surface area contributed by atoms with Crippen molar-refractivity contribution in [3.63, 3.8) is 0 Å². The first-order chi connectivity index (χ1) is 13.2. The quantitative estimate of drug-likeness (QED) is 0.542. The highest BCUT2D eigenvalue weighted by atomic mass is 35.5. The number of hydrogen-bond donors (Lipinski definition) is 2. The van der Waals surface area contributed by atoms with Crippen molar-refractivity contribution in [1.29, 1.82) is 0 Å². The standard InChI is InChI=1S/C21H23ClN4O/c1-3-6-15-7-4-9-17(11-15)25-21-24-14-19(22)20(26-21)23-13-16-8-5-10-18(12-16)27-2/h4-5,7-12,14H,3,6,13H2,1-2H3,(H2,23,24,25,26). The molecular weight excluding hydrogens is 360 g/mol. The zero-order valence-electron chi connectivity index (χ0n) is 15.5. The van der Waals surface area contributed by atoms with Crippen molar-refractivity contribution < 1.29 is 4.74 Å². The average molecular weight is 383 g/mol. The van der Waals surface area contributed by atoms with Crippen LogP contribution in [0, 0.1) is 0 Å². The highest BCUT2D eigenvalue weighted by Gasteiger charge is 2.07. The van der Waals surface area contributed by atoms with Crippen molar-refractivity contribution in [3.05, 3.63) is 70.9 Å². The summed E-state index contributed by atoms with van der Waals surface area (Å²) in [5.41, 5.74) is 3.32. The molecule has 1 aromatic heterocycles. The van der Waals surface area contributed by atoms with Gasteiger partial charge in [-0.05, 0) is 41.8 Å². The molecule has 0 aliphatic heterocycles. The summed E-state index contributed by atoms with van der Waals surface area (Å²) in [5, 5.41) is 6.98. The highest BCUT2D eigenvalue weighted by Crippen LogP contribution is 2.23. The Morgan fingerprint density at radius 1 is 1.07 bits per heavy atom. The Bertz CT molecular complexity index is 901. The van der Waals surface area contributed by atoms with Gasteiger partial charge in [-0.3, -0.25) is 0 Å². The van der Waals surface area contributed by atoms with Crippen LogP contribution in [0.15, 0.2) is 54.7 Å². The van der Waals surface area contributed by atoms with E-state index in [1.54, 1.807) is 13.3 Å². The van der Waals surface area contributed by atoms with Gasteiger partial charge in [-0.1, -0.05) is 49.2 Å². The molecular formula is C21H23ClN4O. The van der Waals surface area contributed by atoms with Crippen LogP contribution in [-0.2, 0) is 13.0 Å². The van der Waals surface area contributed by atoms with E-state index in [2.05, 4.69) is 39.7 Å². The summed E-state index contributed by atoms with van der Waals surface area (Å²) < 4.78 is 5.25. The van der Waals surface area contributed by atoms with Crippen molar-refractivity contribution in [2.75, 3.05) is 17.7 Å². The summed E-state index contributed by atoms with van der Waals surface area (Å²) in [7, 11) is 1.65. The van der Waals surface area contributed by atoms with E-state index in [1.807, 2.05) is 36.4 Å². The van der Waals surface area contributed by atoms with Crippen LogP contribution in [0.2, 0.25) is 5.02 Å². The molecule has 27 heavy (non-hydrogen) atoms. The maximum atomic E-state index is 6.25. The molecule has 140 valence electrons. The second-order valence-electron chi connectivity index (χ2n) is 6.17. The molecule has 0 unspecified atom stereocenters. The van der Waals surface area contributed by atoms with E-state index in [0.29, 0.717) is 23.3 Å². The van der Waals surface area contributed by atoms with Crippen molar-refractivity contribution in [1.82, 2.24) is 9.97 Å². The van der Waals surface area contributed by atoms with Crippen LogP contribution in [0.3, 0.4) is 0 Å². The van der Waals surface area contributed by atoms with Crippen LogP contribution in [0.1, 0.15) is 24.5 Å². The topological polar surface area (TPSA) is 59.1 Å². The van der Waals surface area contributed by atoms with Gasteiger partial charge in [0.05, 0.1) is 13.3 Å². The molecule has 0 atom stereocenters. The first-order valence-electron chi connectivity index (χ1n) is 8.93. The zero-order valence-corrected chi connectivity index (χ0v) is 16.3. The first kappa shape index (κ1) is 19.0. The molecule has 0 saturated heterocycles. The lowest BCUT2D eigenvalue weighted by molar-refractivity contribution is 0.414. The largest absolute Gasteiger partial charge is 0.497 e. The number of methoxy groups -OCH3 is 1. The van der Waals surface area contributed by atoms with Gasteiger partial charge in [0.25, 0.3) is 0 Å². The minimum Gasteiger partial charge on any atom is -0.497 e. The number of aromatic nitrogens is 2. The summed E-state index contributed by atoms with van der Waals surface area (Å²) in [4.78, 5) is 8.78. The molecule has 6 heteroatoms. The number of nitrogens with zero attached hydrogens (tertiary/aromatic N) is 2. The Kier molecular flexibility index (Phi) is 6.49. The summed E-state index contributed by atoms with van der Waals surface area (Å²) >= 11 is 6.25. The number of hydrogen-bond acceptors (Lipinski definition) is 5. The van der Waals surface area contributed by atoms with E-state index in [0.717, 1.165) is 29.8 Å². The third-order valence-electron chi connectivity index (χ3n) is 4.06. The molecule has 0 spiro atoms. The first-order valence-corrected chi connectivity index (χ1v) is 9.31. The van der Waals surface area contributed by atoms with Gasteiger partial charge in [0.1, 0.15) is 10.8 Å². The highest BCUT2D eigenvalue weighted by molar-refractivity contribution is 6.32. The van der Waals surface area contributed by atoms with E-state index in [9.17, 15) is 0 Å². The normalized spacial score (nSPS) is 10.5. The van der Waals surface area contributed by atoms with Crippen LogP contribution >= 0.6 is 11.6 Å². The fourth-order valence-corrected chi connectivity index (χ4v) is 2.90. The molecule has 0 bridgehead atoms. The zero-order chi connectivity index (χ0) is 19.1. The second kappa shape index (κ2) is 9.24. The SMILES string of the molecule is CCCc1cccc(Nc2ncc(Cl)c(NCc3cccc(OC)c3)n2)c1. The molecule has 0 saturated carbocycles. The number of benzene rings is 2. The number of aryl methyl sites for hydroxylation is 1. The molecule has 0 aliphatic rings. The van der Waals surface area contributed by atoms with Crippen LogP contribution in [-0.4, -0.2) is 17.1 Å². The fourth-order valence-electron chi connectivity index (χ4n) is 2.74. The summed E-state index contributed by atoms with van der Waals surface area (Å²) in [6.07, 6.45) is 3.75. The Morgan fingerprint density at radius 2 is 1.89 bits per heavy atom. The van der Waals surface area contributed by atoms with Crippen LogP contribution in [0.5, 0.6) is 5.75 Å². The number of ether oxygens (including phenoxy) is 1. The Labute approximate surface area is 164 Å². The Balaban J connectivity index is 1.71. The van der Waals surface area contributed by atoms with E-state index in [-0.39, 0.29) is 0 Å². The molecule has 5 nitrogen and oxygen atoms in total. The average Bonchev–Trinajstić information content (AvgIpc) is 2.69. The summed E-state index contributed by atoms with van der Waals surface area (Å²) in [5.74, 6) is 1.90. The minimum absolute atomic E-state index is 0.475. The van der Waals surface area contributed by atoms with Crippen molar-refractivity contribution >= 4 is 29.1 Å². The maximum absolute atomic E-state index is 6.25. The lowest BCUT2D eigenvalue weighted by Gasteiger charge is -2.11. The van der Waals surface area contributed by atoms with Gasteiger partial charge in [-0.25, -0.2) is 4.98 Å². The number of rotatable bonds is 8. The lowest BCUT2D eigenvalue weighted by Crippen LogP contribution is -2.05. The van der Waals surface area contributed by atoms with Gasteiger partial charge in [0, 0.05) is 12.2 Å². The van der Waals surface area contributed by atoms with Crippen molar-refractivity contribution in [3.8, 4) is 5.75 Å². The predicted molar refractivity (Wildman–Crippen MR) is 111 cm³/mol. The molecule has 3 rings (SSSR count). The summed E-state index contributed by atoms with van der Waals surface area (Å²) in [6.45, 7) is 2.75. The van der Waals surface area contributed by atoms with Gasteiger partial charge in [-0.15, -0.1) is 0 Å². The van der Waals surface area contributed by atoms with Gasteiger partial charge in [0.2, 0.25) is 5.95 Å². The molecule has 2 aromatic carbocycles. The Hall–Kier alpha value is -2.79. The third-order valence-corrected chi connectivity index (χ3v) is 4.34. The van der Waals surface area contributed by atoms with E-state index in [4.69, 9.17) is 16.3 Å². The van der Waals surface area contributed by atoms with Crippen LogP contribution < -0.4 is 15.4 Å². The number of anilines is 3. The van der Waals surface area contributed by atoms with Gasteiger partial charge < -0.3 is 15.4 Å². The molecule has 2 N–H and O–H groups in total. The molecule has 1 heterocycles. The van der Waals surface area contributed by atoms with Gasteiger partial charge >= 0.3 is 0 Å². The maximum Gasteiger partial charge on any atom is 0.229 e. The predicted octanol–water partition coefficient (Wildman–Crippen LogP) is 5.45. The molecule has 0 fully saturated rings. The smallest absolute Gasteiger partial charge is 0.229 e. The van der Waals surface area contributed by atoms with Crippen LogP contribution in [0.4, 0.5) is 17.5 Å². The third kappa shape index (κ3) is 5.34. The second-order valence-corrected chi connectivity index (χ2v) is 6.58. The fraction of sp³-hybridized carbons (Fsp3) is 0.238. The lowest BCUT2D eigenvalue weighted by atomic mass is 10.1. The monoisotopic (exact) mass is 382 g/mol. The van der Waals surface area contributed by atoms with Crippen molar-refractivity contribution in [2.24, 2.45) is 0 Å². The molecule has 3 aromatic rings. The van der Waals surface area contributed by atoms with E-state index in [1.165, 1.54) is 5.56 Å². The van der Waals surface area contributed by atoms with E-state index >= 15 is 0 Å². The Morgan fingerprint density at radius 3 is 2.70 bits per heavy atom. The van der Waals surface area contributed by atoms with Crippen LogP contribution in [0.25, 0.3) is 0 Å². The number of halogens is 1. The van der Waals surface area contributed by atoms with Gasteiger partial charge in [0.15, 0.2) is 5.82 Å². The minimum atomic E-state index is 0.475.